The van der Waals surface area contributed by atoms with E-state index in [1.807, 2.05) is 31.3 Å². The number of nitrogens with one attached hydrogen (secondary N) is 3. The van der Waals surface area contributed by atoms with Gasteiger partial charge in [-0.15, -0.1) is 0 Å². The van der Waals surface area contributed by atoms with Crippen LogP contribution in [0.3, 0.4) is 0 Å². The highest BCUT2D eigenvalue weighted by molar-refractivity contribution is 5.76. The molecule has 5 heteroatoms. The Morgan fingerprint density at radius 2 is 2.05 bits per heavy atom. The maximum atomic E-state index is 11.1. The van der Waals surface area contributed by atoms with Crippen molar-refractivity contribution < 1.29 is 4.42 Å². The van der Waals surface area contributed by atoms with Gasteiger partial charge >= 0.3 is 5.76 Å². The summed E-state index contributed by atoms with van der Waals surface area (Å²) in [6.07, 6.45) is 0. The Kier molecular flexibility index (Phi) is 3.16. The van der Waals surface area contributed by atoms with Gasteiger partial charge in [0, 0.05) is 25.0 Å². The van der Waals surface area contributed by atoms with E-state index < -0.39 is 5.76 Å². The molecule has 0 atom stereocenters. The lowest BCUT2D eigenvalue weighted by Crippen LogP contribution is -2.00. The van der Waals surface area contributed by atoms with E-state index in [0.717, 1.165) is 11.4 Å². The fraction of sp³-hybridized carbons (Fsp3) is 0.133. The minimum absolute atomic E-state index is 0.432. The number of H-pyrrole nitrogens is 1. The van der Waals surface area contributed by atoms with Gasteiger partial charge in [-0.25, -0.2) is 4.79 Å². The first-order chi connectivity index (χ1) is 9.74. The van der Waals surface area contributed by atoms with Gasteiger partial charge in [0.25, 0.3) is 0 Å². The molecule has 20 heavy (non-hydrogen) atoms. The molecule has 0 amide bonds. The van der Waals surface area contributed by atoms with E-state index in [1.54, 1.807) is 6.07 Å². The molecule has 0 saturated carbocycles. The Hall–Kier alpha value is -2.69. The second-order valence-electron chi connectivity index (χ2n) is 4.53. The molecule has 3 rings (SSSR count). The molecule has 3 aromatic rings. The number of anilines is 2. The van der Waals surface area contributed by atoms with Crippen LogP contribution < -0.4 is 16.4 Å². The Morgan fingerprint density at radius 1 is 1.15 bits per heavy atom. The first-order valence-corrected chi connectivity index (χ1v) is 6.38. The number of oxazole rings is 1. The van der Waals surface area contributed by atoms with Crippen molar-refractivity contribution in [2.24, 2.45) is 0 Å². The van der Waals surface area contributed by atoms with Crippen molar-refractivity contribution in [1.82, 2.24) is 4.98 Å². The molecule has 0 fully saturated rings. The number of aromatic amines is 1. The molecule has 0 bridgehead atoms. The fourth-order valence-corrected chi connectivity index (χ4v) is 2.10. The smallest absolute Gasteiger partial charge is 0.408 e. The fourth-order valence-electron chi connectivity index (χ4n) is 2.10. The lowest BCUT2D eigenvalue weighted by atomic mass is 10.2. The molecule has 2 aromatic carbocycles. The number of rotatable bonds is 4. The van der Waals surface area contributed by atoms with Gasteiger partial charge in [0.2, 0.25) is 0 Å². The van der Waals surface area contributed by atoms with Gasteiger partial charge in [0.05, 0.1) is 5.52 Å². The van der Waals surface area contributed by atoms with Crippen LogP contribution >= 0.6 is 0 Å². The van der Waals surface area contributed by atoms with E-state index in [2.05, 4.69) is 27.8 Å². The maximum absolute atomic E-state index is 11.1. The van der Waals surface area contributed by atoms with Crippen molar-refractivity contribution >= 4 is 22.5 Å². The normalized spacial score (nSPS) is 10.7. The van der Waals surface area contributed by atoms with Crippen molar-refractivity contribution in [1.29, 1.82) is 0 Å². The number of aromatic nitrogens is 1. The van der Waals surface area contributed by atoms with Crippen LogP contribution in [0.4, 0.5) is 11.4 Å². The Balaban J connectivity index is 1.77. The number of hydrogen-bond acceptors (Lipinski definition) is 4. The van der Waals surface area contributed by atoms with Crippen LogP contribution in [0, 0.1) is 0 Å². The summed E-state index contributed by atoms with van der Waals surface area (Å²) in [7, 11) is 1.90. The van der Waals surface area contributed by atoms with Gasteiger partial charge in [0.1, 0.15) is 0 Å². The minimum Gasteiger partial charge on any atom is -0.408 e. The Morgan fingerprint density at radius 3 is 2.90 bits per heavy atom. The summed E-state index contributed by atoms with van der Waals surface area (Å²) in [5, 5.41) is 6.43. The molecule has 0 unspecified atom stereocenters. The summed E-state index contributed by atoms with van der Waals surface area (Å²) >= 11 is 0. The molecular formula is C15H15N3O2. The van der Waals surface area contributed by atoms with Crippen molar-refractivity contribution in [2.45, 2.75) is 6.54 Å². The summed E-state index contributed by atoms with van der Waals surface area (Å²) in [6.45, 7) is 0.711. The first kappa shape index (κ1) is 12.3. The van der Waals surface area contributed by atoms with Crippen LogP contribution in [0.2, 0.25) is 0 Å². The highest BCUT2D eigenvalue weighted by atomic mass is 16.4. The van der Waals surface area contributed by atoms with E-state index in [1.165, 1.54) is 5.56 Å². The van der Waals surface area contributed by atoms with E-state index in [4.69, 9.17) is 4.42 Å². The lowest BCUT2D eigenvalue weighted by molar-refractivity contribution is 0.555. The van der Waals surface area contributed by atoms with Gasteiger partial charge in [-0.1, -0.05) is 12.1 Å². The van der Waals surface area contributed by atoms with Crippen LogP contribution in [0.15, 0.2) is 51.7 Å². The zero-order valence-corrected chi connectivity index (χ0v) is 11.1. The molecule has 5 nitrogen and oxygen atoms in total. The monoisotopic (exact) mass is 269 g/mol. The van der Waals surface area contributed by atoms with Gasteiger partial charge in [-0.3, -0.25) is 4.98 Å². The number of fused-ring (bicyclic) bond motifs is 1. The zero-order valence-electron chi connectivity index (χ0n) is 11.1. The van der Waals surface area contributed by atoms with E-state index in [-0.39, 0.29) is 0 Å². The molecule has 1 aromatic heterocycles. The van der Waals surface area contributed by atoms with E-state index in [0.29, 0.717) is 17.6 Å². The second-order valence-corrected chi connectivity index (χ2v) is 4.53. The van der Waals surface area contributed by atoms with Crippen LogP contribution in [-0.4, -0.2) is 12.0 Å². The molecule has 102 valence electrons. The summed E-state index contributed by atoms with van der Waals surface area (Å²) in [4.78, 5) is 13.7. The third-order valence-electron chi connectivity index (χ3n) is 3.13. The Labute approximate surface area is 115 Å². The van der Waals surface area contributed by atoms with E-state index in [9.17, 15) is 4.79 Å². The van der Waals surface area contributed by atoms with Crippen molar-refractivity contribution in [3.8, 4) is 0 Å². The Bertz CT molecular complexity index is 789. The van der Waals surface area contributed by atoms with Crippen LogP contribution in [0.5, 0.6) is 0 Å². The number of hydrogen-bond donors (Lipinski definition) is 3. The van der Waals surface area contributed by atoms with E-state index >= 15 is 0 Å². The lowest BCUT2D eigenvalue weighted by Gasteiger charge is -2.08. The van der Waals surface area contributed by atoms with Crippen LogP contribution in [-0.2, 0) is 6.54 Å². The highest BCUT2D eigenvalue weighted by Crippen LogP contribution is 2.17. The van der Waals surface area contributed by atoms with Crippen molar-refractivity contribution in [3.63, 3.8) is 0 Å². The van der Waals surface area contributed by atoms with Crippen LogP contribution in [0.1, 0.15) is 5.56 Å². The highest BCUT2D eigenvalue weighted by Gasteiger charge is 2.02. The molecule has 0 aliphatic heterocycles. The topological polar surface area (TPSA) is 70.1 Å². The van der Waals surface area contributed by atoms with Gasteiger partial charge in [0.15, 0.2) is 5.58 Å². The van der Waals surface area contributed by atoms with Crippen molar-refractivity contribution in [2.75, 3.05) is 17.7 Å². The quantitative estimate of drug-likeness (QED) is 0.681. The summed E-state index contributed by atoms with van der Waals surface area (Å²) in [5.41, 5.74) is 4.46. The summed E-state index contributed by atoms with van der Waals surface area (Å²) < 4.78 is 4.97. The molecule has 0 saturated heterocycles. The standard InChI is InChI=1S/C15H15N3O2/c1-16-11-4-2-3-10(7-11)9-17-12-5-6-14-13(8-12)18-15(19)20-14/h2-8,16-17H,9H2,1H3,(H,18,19). The molecule has 3 N–H and O–H groups in total. The molecule has 0 radical (unpaired) electrons. The van der Waals surface area contributed by atoms with Gasteiger partial charge in [-0.2, -0.15) is 0 Å². The SMILES string of the molecule is CNc1cccc(CNc2ccc3oc(=O)[nH]c3c2)c1. The minimum atomic E-state index is -0.432. The molecule has 0 aliphatic rings. The second kappa shape index (κ2) is 5.13. The zero-order chi connectivity index (χ0) is 13.9. The third kappa shape index (κ3) is 2.51. The van der Waals surface area contributed by atoms with Gasteiger partial charge < -0.3 is 15.1 Å². The molecule has 1 heterocycles. The molecule has 0 aliphatic carbocycles. The van der Waals surface area contributed by atoms with Crippen LogP contribution in [0.25, 0.3) is 11.1 Å². The average molecular weight is 269 g/mol. The predicted octanol–water partition coefficient (Wildman–Crippen LogP) is 2.77. The molecular weight excluding hydrogens is 254 g/mol. The molecule has 0 spiro atoms. The third-order valence-corrected chi connectivity index (χ3v) is 3.13. The first-order valence-electron chi connectivity index (χ1n) is 6.38. The van der Waals surface area contributed by atoms with Crippen molar-refractivity contribution in [3.05, 3.63) is 58.6 Å². The largest absolute Gasteiger partial charge is 0.417 e. The number of benzene rings is 2. The van der Waals surface area contributed by atoms with Gasteiger partial charge in [-0.05, 0) is 35.9 Å². The maximum Gasteiger partial charge on any atom is 0.417 e. The predicted molar refractivity (Wildman–Crippen MR) is 80.2 cm³/mol. The average Bonchev–Trinajstić information content (AvgIpc) is 2.84. The summed E-state index contributed by atoms with van der Waals surface area (Å²) in [6, 6.07) is 13.7. The summed E-state index contributed by atoms with van der Waals surface area (Å²) in [5.74, 6) is -0.432.